The van der Waals surface area contributed by atoms with Crippen LogP contribution < -0.4 is 0 Å². The van der Waals surface area contributed by atoms with Gasteiger partial charge >= 0.3 is 0 Å². The number of hydrogen-bond acceptors (Lipinski definition) is 2. The molecular weight excluding hydrogens is 234 g/mol. The molecule has 0 spiro atoms. The molecule has 1 aromatic carbocycles. The van der Waals surface area contributed by atoms with E-state index >= 15 is 0 Å². The van der Waals surface area contributed by atoms with Gasteiger partial charge in [-0.3, -0.25) is 0 Å². The molecule has 0 aliphatic carbocycles. The Morgan fingerprint density at radius 1 is 1.24 bits per heavy atom. The number of rotatable bonds is 2. The van der Waals surface area contributed by atoms with E-state index in [1.54, 1.807) is 6.26 Å². The van der Waals surface area contributed by atoms with Crippen LogP contribution in [0.3, 0.4) is 0 Å². The van der Waals surface area contributed by atoms with Crippen molar-refractivity contribution in [1.82, 2.24) is 4.98 Å². The highest BCUT2D eigenvalue weighted by molar-refractivity contribution is 6.16. The van der Waals surface area contributed by atoms with Crippen LogP contribution >= 0.6 is 11.6 Å². The molecule has 0 saturated carbocycles. The van der Waals surface area contributed by atoms with Gasteiger partial charge in [0.2, 0.25) is 5.89 Å². The summed E-state index contributed by atoms with van der Waals surface area (Å²) in [4.78, 5) is 4.37. The molecule has 17 heavy (non-hydrogen) atoms. The maximum absolute atomic E-state index is 5.73. The third-order valence-corrected chi connectivity index (χ3v) is 2.93. The van der Waals surface area contributed by atoms with E-state index in [1.807, 2.05) is 18.2 Å². The summed E-state index contributed by atoms with van der Waals surface area (Å²) in [5, 5.41) is 0. The Morgan fingerprint density at radius 3 is 2.53 bits per heavy atom. The van der Waals surface area contributed by atoms with Crippen molar-refractivity contribution >= 4 is 11.6 Å². The number of aromatic nitrogens is 1. The Bertz CT molecular complexity index is 511. The SMILES string of the molecule is CC(C)(C)c1ccccc1-c1nc(CCl)co1. The molecule has 0 amide bonds. The summed E-state index contributed by atoms with van der Waals surface area (Å²) in [6, 6.07) is 8.18. The smallest absolute Gasteiger partial charge is 0.226 e. The number of benzene rings is 1. The molecule has 0 saturated heterocycles. The fraction of sp³-hybridized carbons (Fsp3) is 0.357. The fourth-order valence-electron chi connectivity index (χ4n) is 1.82. The topological polar surface area (TPSA) is 26.0 Å². The average Bonchev–Trinajstić information content (AvgIpc) is 2.76. The predicted octanol–water partition coefficient (Wildman–Crippen LogP) is 4.38. The van der Waals surface area contributed by atoms with Crippen LogP contribution in [0.5, 0.6) is 0 Å². The van der Waals surface area contributed by atoms with E-state index in [1.165, 1.54) is 5.56 Å². The molecule has 2 nitrogen and oxygen atoms in total. The van der Waals surface area contributed by atoms with Crippen molar-refractivity contribution in [1.29, 1.82) is 0 Å². The summed E-state index contributed by atoms with van der Waals surface area (Å²) in [7, 11) is 0. The van der Waals surface area contributed by atoms with Crippen LogP contribution in [0.2, 0.25) is 0 Å². The molecule has 0 bridgehead atoms. The fourth-order valence-corrected chi connectivity index (χ4v) is 1.94. The molecule has 0 unspecified atom stereocenters. The second-order valence-electron chi connectivity index (χ2n) is 5.07. The Morgan fingerprint density at radius 2 is 1.94 bits per heavy atom. The molecule has 0 N–H and O–H groups in total. The molecule has 2 aromatic rings. The van der Waals surface area contributed by atoms with Gasteiger partial charge in [0.15, 0.2) is 0 Å². The maximum Gasteiger partial charge on any atom is 0.226 e. The average molecular weight is 250 g/mol. The Kier molecular flexibility index (Phi) is 3.25. The lowest BCUT2D eigenvalue weighted by molar-refractivity contribution is 0.559. The van der Waals surface area contributed by atoms with Gasteiger partial charge in [-0.15, -0.1) is 11.6 Å². The monoisotopic (exact) mass is 249 g/mol. The highest BCUT2D eigenvalue weighted by atomic mass is 35.5. The van der Waals surface area contributed by atoms with E-state index in [9.17, 15) is 0 Å². The van der Waals surface area contributed by atoms with Crippen LogP contribution in [0, 0.1) is 0 Å². The highest BCUT2D eigenvalue weighted by Gasteiger charge is 2.20. The summed E-state index contributed by atoms with van der Waals surface area (Å²) in [5.74, 6) is 1.02. The molecule has 3 heteroatoms. The van der Waals surface area contributed by atoms with E-state index in [0.717, 1.165) is 11.3 Å². The van der Waals surface area contributed by atoms with E-state index in [4.69, 9.17) is 16.0 Å². The van der Waals surface area contributed by atoms with E-state index in [-0.39, 0.29) is 5.41 Å². The summed E-state index contributed by atoms with van der Waals surface area (Å²) in [5.41, 5.74) is 3.09. The summed E-state index contributed by atoms with van der Waals surface area (Å²) < 4.78 is 5.48. The van der Waals surface area contributed by atoms with Crippen molar-refractivity contribution in [2.45, 2.75) is 32.1 Å². The molecule has 2 rings (SSSR count). The van der Waals surface area contributed by atoms with Crippen LogP contribution in [0.15, 0.2) is 34.9 Å². The van der Waals surface area contributed by atoms with Gasteiger partial charge < -0.3 is 4.42 Å². The minimum absolute atomic E-state index is 0.0617. The zero-order valence-corrected chi connectivity index (χ0v) is 11.1. The first-order valence-corrected chi connectivity index (χ1v) is 6.16. The summed E-state index contributed by atoms with van der Waals surface area (Å²) >= 11 is 5.73. The Balaban J connectivity index is 2.52. The number of oxazole rings is 1. The minimum Gasteiger partial charge on any atom is -0.444 e. The second-order valence-corrected chi connectivity index (χ2v) is 5.34. The lowest BCUT2D eigenvalue weighted by atomic mass is 9.84. The van der Waals surface area contributed by atoms with Gasteiger partial charge in [-0.25, -0.2) is 4.98 Å². The van der Waals surface area contributed by atoms with E-state index in [2.05, 4.69) is 31.8 Å². The third-order valence-electron chi connectivity index (χ3n) is 2.65. The van der Waals surface area contributed by atoms with Crippen LogP contribution in [0.25, 0.3) is 11.5 Å². The van der Waals surface area contributed by atoms with Crippen LogP contribution in [0.4, 0.5) is 0 Å². The number of hydrogen-bond donors (Lipinski definition) is 0. The first kappa shape index (κ1) is 12.2. The Labute approximate surface area is 107 Å². The van der Waals surface area contributed by atoms with Crippen LogP contribution in [0.1, 0.15) is 32.0 Å². The van der Waals surface area contributed by atoms with Crippen molar-refractivity contribution in [3.05, 3.63) is 41.8 Å². The van der Waals surface area contributed by atoms with Gasteiger partial charge in [0.1, 0.15) is 6.26 Å². The largest absolute Gasteiger partial charge is 0.444 e. The van der Waals surface area contributed by atoms with Crippen LogP contribution in [-0.4, -0.2) is 4.98 Å². The van der Waals surface area contributed by atoms with Crippen molar-refractivity contribution in [3.63, 3.8) is 0 Å². The molecule has 0 aliphatic rings. The van der Waals surface area contributed by atoms with Gasteiger partial charge in [-0.2, -0.15) is 0 Å². The molecule has 90 valence electrons. The van der Waals surface area contributed by atoms with Gasteiger partial charge in [-0.1, -0.05) is 39.0 Å². The van der Waals surface area contributed by atoms with Gasteiger partial charge in [0.05, 0.1) is 11.6 Å². The summed E-state index contributed by atoms with van der Waals surface area (Å²) in [6.07, 6.45) is 1.61. The van der Waals surface area contributed by atoms with E-state index in [0.29, 0.717) is 11.8 Å². The molecule has 0 atom stereocenters. The molecule has 0 aliphatic heterocycles. The normalized spacial score (nSPS) is 11.8. The molecule has 0 radical (unpaired) electrons. The van der Waals surface area contributed by atoms with E-state index < -0.39 is 0 Å². The molecular formula is C14H16ClNO. The van der Waals surface area contributed by atoms with Crippen LogP contribution in [-0.2, 0) is 11.3 Å². The molecule has 1 heterocycles. The Hall–Kier alpha value is -1.28. The van der Waals surface area contributed by atoms with Crippen molar-refractivity contribution in [2.24, 2.45) is 0 Å². The molecule has 1 aromatic heterocycles. The first-order chi connectivity index (χ1) is 8.02. The minimum atomic E-state index is 0.0617. The maximum atomic E-state index is 5.73. The zero-order valence-electron chi connectivity index (χ0n) is 10.3. The van der Waals surface area contributed by atoms with Gasteiger partial charge in [0, 0.05) is 5.56 Å². The van der Waals surface area contributed by atoms with Gasteiger partial charge in [-0.05, 0) is 17.0 Å². The van der Waals surface area contributed by atoms with Gasteiger partial charge in [0.25, 0.3) is 0 Å². The first-order valence-electron chi connectivity index (χ1n) is 5.62. The third kappa shape index (κ3) is 2.52. The zero-order chi connectivity index (χ0) is 12.5. The highest BCUT2D eigenvalue weighted by Crippen LogP contribution is 2.32. The number of nitrogens with zero attached hydrogens (tertiary/aromatic N) is 1. The number of halogens is 1. The predicted molar refractivity (Wildman–Crippen MR) is 70.2 cm³/mol. The lowest BCUT2D eigenvalue weighted by Gasteiger charge is -2.21. The van der Waals surface area contributed by atoms with Crippen molar-refractivity contribution < 1.29 is 4.42 Å². The standard InChI is InChI=1S/C14H16ClNO/c1-14(2,3)12-7-5-4-6-11(12)13-16-10(8-15)9-17-13/h4-7,9H,8H2,1-3H3. The quantitative estimate of drug-likeness (QED) is 0.739. The second kappa shape index (κ2) is 4.53. The van der Waals surface area contributed by atoms with Crippen molar-refractivity contribution in [2.75, 3.05) is 0 Å². The molecule has 0 fully saturated rings. The summed E-state index contributed by atoms with van der Waals surface area (Å²) in [6.45, 7) is 6.53. The number of alkyl halides is 1. The lowest BCUT2D eigenvalue weighted by Crippen LogP contribution is -2.12. The van der Waals surface area contributed by atoms with Crippen molar-refractivity contribution in [3.8, 4) is 11.5 Å².